The largest absolute Gasteiger partial charge is 0.493 e. The summed E-state index contributed by atoms with van der Waals surface area (Å²) in [4.78, 5) is 23.9. The van der Waals surface area contributed by atoms with Gasteiger partial charge >= 0.3 is 0 Å². The molecule has 0 spiro atoms. The third kappa shape index (κ3) is 6.79. The van der Waals surface area contributed by atoms with E-state index in [1.54, 1.807) is 36.4 Å². The molecule has 1 fully saturated rings. The van der Waals surface area contributed by atoms with Crippen LogP contribution < -0.4 is 15.4 Å². The van der Waals surface area contributed by atoms with Gasteiger partial charge in [-0.05, 0) is 67.3 Å². The van der Waals surface area contributed by atoms with Crippen LogP contribution in [0.2, 0.25) is 0 Å². The van der Waals surface area contributed by atoms with Crippen molar-refractivity contribution < 1.29 is 22.7 Å². The minimum Gasteiger partial charge on any atom is -0.493 e. The number of rotatable bonds is 8. The molecule has 2 N–H and O–H groups in total. The van der Waals surface area contributed by atoms with Gasteiger partial charge in [-0.3, -0.25) is 9.59 Å². The first kappa shape index (κ1) is 24.7. The van der Waals surface area contributed by atoms with Crippen LogP contribution in [0.15, 0.2) is 53.4 Å². The van der Waals surface area contributed by atoms with Crippen molar-refractivity contribution in [1.82, 2.24) is 9.62 Å². The van der Waals surface area contributed by atoms with Crippen LogP contribution in [-0.4, -0.2) is 50.3 Å². The predicted octanol–water partition coefficient (Wildman–Crippen LogP) is 3.26. The standard InChI is InChI=1S/C24H31N3O5S/c1-17(2)16-32-22-8-4-19(5-9-22)24(29)26-21-12-14-27(15-13-21)33(30,31)23-10-6-20(7-11-23)25-18(3)28/h4-11,17,21H,12-16H2,1-3H3,(H,25,28)(H,26,29). The first-order valence-corrected chi connectivity index (χ1v) is 12.5. The van der Waals surface area contributed by atoms with Gasteiger partial charge in [0.15, 0.2) is 0 Å². The maximum Gasteiger partial charge on any atom is 0.251 e. The van der Waals surface area contributed by atoms with Gasteiger partial charge in [0, 0.05) is 37.3 Å². The Labute approximate surface area is 195 Å². The molecule has 1 aliphatic heterocycles. The maximum atomic E-state index is 12.9. The molecular weight excluding hydrogens is 442 g/mol. The van der Waals surface area contributed by atoms with E-state index in [-0.39, 0.29) is 22.8 Å². The summed E-state index contributed by atoms with van der Waals surface area (Å²) in [6.45, 7) is 6.80. The SMILES string of the molecule is CC(=O)Nc1ccc(S(=O)(=O)N2CCC(NC(=O)c3ccc(OCC(C)C)cc3)CC2)cc1. The Kier molecular flexibility index (Phi) is 8.10. The van der Waals surface area contributed by atoms with Crippen LogP contribution in [-0.2, 0) is 14.8 Å². The Morgan fingerprint density at radius 1 is 1.03 bits per heavy atom. The lowest BCUT2D eigenvalue weighted by Crippen LogP contribution is -2.46. The number of hydrogen-bond donors (Lipinski definition) is 2. The number of hydrogen-bond acceptors (Lipinski definition) is 5. The molecule has 0 bridgehead atoms. The number of anilines is 1. The number of nitrogens with one attached hydrogen (secondary N) is 2. The molecule has 1 saturated heterocycles. The van der Waals surface area contributed by atoms with E-state index < -0.39 is 10.0 Å². The monoisotopic (exact) mass is 473 g/mol. The van der Waals surface area contributed by atoms with Crippen LogP contribution in [0.5, 0.6) is 5.75 Å². The molecule has 178 valence electrons. The fraction of sp³-hybridized carbons (Fsp3) is 0.417. The van der Waals surface area contributed by atoms with E-state index in [0.29, 0.717) is 49.7 Å². The molecule has 1 heterocycles. The lowest BCUT2D eigenvalue weighted by molar-refractivity contribution is -0.114. The molecule has 0 atom stereocenters. The van der Waals surface area contributed by atoms with E-state index >= 15 is 0 Å². The summed E-state index contributed by atoms with van der Waals surface area (Å²) in [6, 6.07) is 13.0. The van der Waals surface area contributed by atoms with Crippen molar-refractivity contribution in [3.05, 3.63) is 54.1 Å². The van der Waals surface area contributed by atoms with Gasteiger partial charge in [-0.1, -0.05) is 13.8 Å². The van der Waals surface area contributed by atoms with Crippen molar-refractivity contribution in [2.45, 2.75) is 44.6 Å². The van der Waals surface area contributed by atoms with Gasteiger partial charge < -0.3 is 15.4 Å². The highest BCUT2D eigenvalue weighted by Crippen LogP contribution is 2.23. The zero-order valence-electron chi connectivity index (χ0n) is 19.2. The first-order chi connectivity index (χ1) is 15.6. The van der Waals surface area contributed by atoms with E-state index in [4.69, 9.17) is 4.74 Å². The quantitative estimate of drug-likeness (QED) is 0.612. The Bertz CT molecular complexity index is 1060. The second kappa shape index (κ2) is 10.8. The zero-order valence-corrected chi connectivity index (χ0v) is 20.0. The predicted molar refractivity (Wildman–Crippen MR) is 127 cm³/mol. The van der Waals surface area contributed by atoms with E-state index in [0.717, 1.165) is 5.75 Å². The van der Waals surface area contributed by atoms with Crippen LogP contribution in [0.1, 0.15) is 44.0 Å². The number of amides is 2. The zero-order chi connectivity index (χ0) is 24.0. The molecule has 0 aliphatic carbocycles. The summed E-state index contributed by atoms with van der Waals surface area (Å²) < 4.78 is 33.0. The summed E-state index contributed by atoms with van der Waals surface area (Å²) in [5.41, 5.74) is 1.09. The van der Waals surface area contributed by atoms with Gasteiger partial charge in [0.25, 0.3) is 5.91 Å². The van der Waals surface area contributed by atoms with Gasteiger partial charge in [0.1, 0.15) is 5.75 Å². The van der Waals surface area contributed by atoms with Crippen LogP contribution in [0.4, 0.5) is 5.69 Å². The molecule has 8 nitrogen and oxygen atoms in total. The van der Waals surface area contributed by atoms with Crippen molar-refractivity contribution >= 4 is 27.5 Å². The average molecular weight is 474 g/mol. The van der Waals surface area contributed by atoms with Gasteiger partial charge in [-0.25, -0.2) is 8.42 Å². The molecule has 2 aromatic carbocycles. The van der Waals surface area contributed by atoms with Crippen molar-refractivity contribution in [3.63, 3.8) is 0 Å². The van der Waals surface area contributed by atoms with E-state index in [1.807, 2.05) is 0 Å². The fourth-order valence-corrected chi connectivity index (χ4v) is 5.01. The number of carbonyl (C=O) groups is 2. The fourth-order valence-electron chi connectivity index (χ4n) is 3.54. The maximum absolute atomic E-state index is 12.9. The molecule has 1 aliphatic rings. The Hall–Kier alpha value is -2.91. The third-order valence-corrected chi connectivity index (χ3v) is 7.21. The minimum atomic E-state index is -3.63. The van der Waals surface area contributed by atoms with Crippen LogP contribution in [0.25, 0.3) is 0 Å². The molecule has 33 heavy (non-hydrogen) atoms. The number of benzene rings is 2. The van der Waals surface area contributed by atoms with Crippen molar-refractivity contribution in [2.24, 2.45) is 5.92 Å². The lowest BCUT2D eigenvalue weighted by atomic mass is 10.1. The van der Waals surface area contributed by atoms with E-state index in [9.17, 15) is 18.0 Å². The molecule has 3 rings (SSSR count). The normalized spacial score (nSPS) is 15.3. The highest BCUT2D eigenvalue weighted by Gasteiger charge is 2.30. The topological polar surface area (TPSA) is 105 Å². The molecule has 0 unspecified atom stereocenters. The van der Waals surface area contributed by atoms with Crippen LogP contribution >= 0.6 is 0 Å². The summed E-state index contributed by atoms with van der Waals surface area (Å²) in [5, 5.41) is 5.62. The molecule has 9 heteroatoms. The van der Waals surface area contributed by atoms with Crippen LogP contribution in [0.3, 0.4) is 0 Å². The van der Waals surface area contributed by atoms with Crippen LogP contribution in [0, 0.1) is 5.92 Å². The van der Waals surface area contributed by atoms with Crippen molar-refractivity contribution in [1.29, 1.82) is 0 Å². The van der Waals surface area contributed by atoms with Gasteiger partial charge in [0.2, 0.25) is 15.9 Å². The van der Waals surface area contributed by atoms with Crippen molar-refractivity contribution in [2.75, 3.05) is 25.0 Å². The van der Waals surface area contributed by atoms with E-state index in [2.05, 4.69) is 24.5 Å². The van der Waals surface area contributed by atoms with Gasteiger partial charge in [0.05, 0.1) is 11.5 Å². The third-order valence-electron chi connectivity index (χ3n) is 5.30. The number of nitrogens with zero attached hydrogens (tertiary/aromatic N) is 1. The Morgan fingerprint density at radius 3 is 2.18 bits per heavy atom. The highest BCUT2D eigenvalue weighted by molar-refractivity contribution is 7.89. The summed E-state index contributed by atoms with van der Waals surface area (Å²) >= 11 is 0. The lowest BCUT2D eigenvalue weighted by Gasteiger charge is -2.31. The summed E-state index contributed by atoms with van der Waals surface area (Å²) in [5.74, 6) is 0.750. The molecule has 0 aromatic heterocycles. The van der Waals surface area contributed by atoms with Gasteiger partial charge in [-0.2, -0.15) is 4.31 Å². The van der Waals surface area contributed by atoms with Gasteiger partial charge in [-0.15, -0.1) is 0 Å². The molecule has 0 radical (unpaired) electrons. The first-order valence-electron chi connectivity index (χ1n) is 11.1. The second-order valence-corrected chi connectivity index (χ2v) is 10.5. The summed E-state index contributed by atoms with van der Waals surface area (Å²) in [6.07, 6.45) is 1.06. The van der Waals surface area contributed by atoms with Crippen molar-refractivity contribution in [3.8, 4) is 5.75 Å². The molecule has 2 aromatic rings. The molecular formula is C24H31N3O5S. The molecule has 2 amide bonds. The Balaban J connectivity index is 1.52. The Morgan fingerprint density at radius 2 is 1.64 bits per heavy atom. The number of carbonyl (C=O) groups excluding carboxylic acids is 2. The highest BCUT2D eigenvalue weighted by atomic mass is 32.2. The average Bonchev–Trinajstić information content (AvgIpc) is 2.78. The number of ether oxygens (including phenoxy) is 1. The number of sulfonamides is 1. The second-order valence-electron chi connectivity index (χ2n) is 8.59. The smallest absolute Gasteiger partial charge is 0.251 e. The van der Waals surface area contributed by atoms with E-state index in [1.165, 1.54) is 23.4 Å². The number of piperidine rings is 1. The summed E-state index contributed by atoms with van der Waals surface area (Å²) in [7, 11) is -3.63. The molecule has 0 saturated carbocycles. The minimum absolute atomic E-state index is 0.0945.